The predicted octanol–water partition coefficient (Wildman–Crippen LogP) is 3.88. The van der Waals surface area contributed by atoms with Crippen LogP contribution < -0.4 is 4.74 Å². The molecule has 1 heterocycles. The van der Waals surface area contributed by atoms with Gasteiger partial charge < -0.3 is 9.84 Å². The van der Waals surface area contributed by atoms with Crippen molar-refractivity contribution in [2.75, 3.05) is 7.11 Å². The average molecular weight is 335 g/mol. The number of methoxy groups -OCH3 is 1. The van der Waals surface area contributed by atoms with Gasteiger partial charge >= 0.3 is 0 Å². The third-order valence-electron chi connectivity index (χ3n) is 2.44. The second-order valence-corrected chi connectivity index (χ2v) is 5.38. The zero-order valence-electron chi connectivity index (χ0n) is 9.28. The van der Waals surface area contributed by atoms with Gasteiger partial charge in [0.25, 0.3) is 0 Å². The Balaban J connectivity index is 2.39. The SMILES string of the molecule is COc1csc(C(O)c2cc(F)c(Br)cc2F)c1. The third-order valence-corrected chi connectivity index (χ3v) is 4.01. The molecule has 0 amide bonds. The largest absolute Gasteiger partial charge is 0.496 e. The minimum atomic E-state index is -1.21. The number of aliphatic hydroxyl groups is 1. The van der Waals surface area contributed by atoms with E-state index in [1.807, 2.05) is 0 Å². The van der Waals surface area contributed by atoms with E-state index in [-0.39, 0.29) is 10.0 Å². The van der Waals surface area contributed by atoms with Crippen LogP contribution in [0.5, 0.6) is 5.75 Å². The molecule has 0 spiro atoms. The van der Waals surface area contributed by atoms with Gasteiger partial charge in [0, 0.05) is 15.8 Å². The van der Waals surface area contributed by atoms with E-state index in [1.54, 1.807) is 11.4 Å². The fraction of sp³-hybridized carbons (Fsp3) is 0.167. The van der Waals surface area contributed by atoms with Gasteiger partial charge in [-0.1, -0.05) is 0 Å². The van der Waals surface area contributed by atoms with Crippen LogP contribution in [0.3, 0.4) is 0 Å². The summed E-state index contributed by atoms with van der Waals surface area (Å²) in [5, 5.41) is 11.7. The summed E-state index contributed by atoms with van der Waals surface area (Å²) in [6.07, 6.45) is -1.21. The first kappa shape index (κ1) is 13.5. The molecule has 2 rings (SSSR count). The first-order chi connectivity index (χ1) is 8.52. The van der Waals surface area contributed by atoms with Crippen LogP contribution in [0.4, 0.5) is 8.78 Å². The molecule has 1 atom stereocenters. The molecule has 96 valence electrons. The summed E-state index contributed by atoms with van der Waals surface area (Å²) in [5.74, 6) is -0.704. The van der Waals surface area contributed by atoms with Crippen molar-refractivity contribution in [1.82, 2.24) is 0 Å². The fourth-order valence-electron chi connectivity index (χ4n) is 1.49. The molecular formula is C12H9BrF2O2S. The van der Waals surface area contributed by atoms with Gasteiger partial charge in [0.05, 0.1) is 11.6 Å². The van der Waals surface area contributed by atoms with Crippen LogP contribution in [0.25, 0.3) is 0 Å². The van der Waals surface area contributed by atoms with Crippen LogP contribution in [0.1, 0.15) is 16.5 Å². The first-order valence-electron chi connectivity index (χ1n) is 4.98. The van der Waals surface area contributed by atoms with Crippen molar-refractivity contribution in [3.05, 3.63) is 50.1 Å². The molecule has 6 heteroatoms. The van der Waals surface area contributed by atoms with Gasteiger partial charge in [0.2, 0.25) is 0 Å². The monoisotopic (exact) mass is 334 g/mol. The van der Waals surface area contributed by atoms with E-state index in [0.29, 0.717) is 10.6 Å². The highest BCUT2D eigenvalue weighted by molar-refractivity contribution is 9.10. The number of rotatable bonds is 3. The van der Waals surface area contributed by atoms with Gasteiger partial charge in [-0.25, -0.2) is 8.78 Å². The molecule has 0 aliphatic carbocycles. The van der Waals surface area contributed by atoms with E-state index in [9.17, 15) is 13.9 Å². The highest BCUT2D eigenvalue weighted by Gasteiger charge is 2.19. The Morgan fingerprint density at radius 1 is 1.28 bits per heavy atom. The first-order valence-corrected chi connectivity index (χ1v) is 6.65. The van der Waals surface area contributed by atoms with E-state index >= 15 is 0 Å². The molecule has 0 saturated carbocycles. The van der Waals surface area contributed by atoms with E-state index < -0.39 is 17.7 Å². The van der Waals surface area contributed by atoms with Crippen molar-refractivity contribution in [3.63, 3.8) is 0 Å². The van der Waals surface area contributed by atoms with Crippen LogP contribution >= 0.6 is 27.3 Å². The Hall–Kier alpha value is -0.980. The lowest BCUT2D eigenvalue weighted by Gasteiger charge is -2.10. The fourth-order valence-corrected chi connectivity index (χ4v) is 2.66. The number of hydrogen-bond donors (Lipinski definition) is 1. The van der Waals surface area contributed by atoms with Crippen molar-refractivity contribution in [1.29, 1.82) is 0 Å². The molecule has 0 fully saturated rings. The van der Waals surface area contributed by atoms with E-state index in [0.717, 1.165) is 12.1 Å². The number of ether oxygens (including phenoxy) is 1. The Kier molecular flexibility index (Phi) is 3.99. The highest BCUT2D eigenvalue weighted by Crippen LogP contribution is 2.33. The van der Waals surface area contributed by atoms with Crippen LogP contribution in [0.2, 0.25) is 0 Å². The van der Waals surface area contributed by atoms with Gasteiger partial charge in [-0.3, -0.25) is 0 Å². The Morgan fingerprint density at radius 2 is 2.00 bits per heavy atom. The van der Waals surface area contributed by atoms with Crippen molar-refractivity contribution < 1.29 is 18.6 Å². The molecule has 1 aromatic heterocycles. The number of hydrogen-bond acceptors (Lipinski definition) is 3. The molecule has 1 unspecified atom stereocenters. The van der Waals surface area contributed by atoms with Gasteiger partial charge in [0.15, 0.2) is 0 Å². The van der Waals surface area contributed by atoms with Gasteiger partial charge in [0.1, 0.15) is 23.5 Å². The molecule has 0 radical (unpaired) electrons. The standard InChI is InChI=1S/C12H9BrF2O2S/c1-17-6-2-11(18-5-6)12(16)7-3-10(15)8(13)4-9(7)14/h2-5,12,16H,1H3. The highest BCUT2D eigenvalue weighted by atomic mass is 79.9. The molecular weight excluding hydrogens is 326 g/mol. The second kappa shape index (κ2) is 5.34. The zero-order valence-corrected chi connectivity index (χ0v) is 11.7. The maximum absolute atomic E-state index is 13.7. The molecule has 0 aliphatic rings. The molecule has 0 saturated heterocycles. The lowest BCUT2D eigenvalue weighted by atomic mass is 10.1. The average Bonchev–Trinajstić information content (AvgIpc) is 2.81. The Bertz CT molecular complexity index is 571. The number of aliphatic hydroxyl groups excluding tert-OH is 1. The Morgan fingerprint density at radius 3 is 2.61 bits per heavy atom. The minimum absolute atomic E-state index is 0.0275. The topological polar surface area (TPSA) is 29.5 Å². The molecule has 2 nitrogen and oxygen atoms in total. The summed E-state index contributed by atoms with van der Waals surface area (Å²) in [6.45, 7) is 0. The van der Waals surface area contributed by atoms with Crippen molar-refractivity contribution in [2.45, 2.75) is 6.10 Å². The summed E-state index contributed by atoms with van der Waals surface area (Å²) in [7, 11) is 1.50. The Labute approximate surface area is 115 Å². The summed E-state index contributed by atoms with van der Waals surface area (Å²) < 4.78 is 32.0. The molecule has 2 aromatic rings. The molecule has 18 heavy (non-hydrogen) atoms. The summed E-state index contributed by atoms with van der Waals surface area (Å²) in [5.41, 5.74) is -0.0970. The van der Waals surface area contributed by atoms with Gasteiger partial charge in [-0.15, -0.1) is 11.3 Å². The van der Waals surface area contributed by atoms with Crippen LogP contribution in [0, 0.1) is 11.6 Å². The van der Waals surface area contributed by atoms with Gasteiger partial charge in [-0.2, -0.15) is 0 Å². The molecule has 1 aromatic carbocycles. The minimum Gasteiger partial charge on any atom is -0.496 e. The quantitative estimate of drug-likeness (QED) is 0.863. The van der Waals surface area contributed by atoms with Crippen molar-refractivity contribution in [3.8, 4) is 5.75 Å². The van der Waals surface area contributed by atoms with Crippen LogP contribution in [-0.2, 0) is 0 Å². The van der Waals surface area contributed by atoms with E-state index in [4.69, 9.17) is 4.74 Å². The molecule has 0 bridgehead atoms. The molecule has 1 N–H and O–H groups in total. The number of halogens is 3. The summed E-state index contributed by atoms with van der Waals surface area (Å²) in [6, 6.07) is 3.57. The normalized spacial score (nSPS) is 12.5. The van der Waals surface area contributed by atoms with Crippen LogP contribution in [-0.4, -0.2) is 12.2 Å². The van der Waals surface area contributed by atoms with Crippen molar-refractivity contribution in [2.24, 2.45) is 0 Å². The van der Waals surface area contributed by atoms with E-state index in [1.165, 1.54) is 18.4 Å². The lowest BCUT2D eigenvalue weighted by molar-refractivity contribution is 0.217. The smallest absolute Gasteiger partial charge is 0.137 e. The third kappa shape index (κ3) is 2.55. The van der Waals surface area contributed by atoms with E-state index in [2.05, 4.69) is 15.9 Å². The number of thiophene rings is 1. The summed E-state index contributed by atoms with van der Waals surface area (Å²) >= 11 is 4.11. The number of benzene rings is 1. The lowest BCUT2D eigenvalue weighted by Crippen LogP contribution is -2.02. The maximum Gasteiger partial charge on any atom is 0.137 e. The molecule has 0 aliphatic heterocycles. The van der Waals surface area contributed by atoms with Crippen molar-refractivity contribution >= 4 is 27.3 Å². The zero-order chi connectivity index (χ0) is 13.3. The maximum atomic E-state index is 13.7. The van der Waals surface area contributed by atoms with Crippen LogP contribution in [0.15, 0.2) is 28.1 Å². The summed E-state index contributed by atoms with van der Waals surface area (Å²) in [4.78, 5) is 0.493. The van der Waals surface area contributed by atoms with Gasteiger partial charge in [-0.05, 0) is 34.1 Å². The predicted molar refractivity (Wildman–Crippen MR) is 69.0 cm³/mol. The second-order valence-electron chi connectivity index (χ2n) is 3.58.